The highest BCUT2D eigenvalue weighted by atomic mass is 16.6. The Labute approximate surface area is 105 Å². The molecule has 0 heterocycles. The van der Waals surface area contributed by atoms with Crippen molar-refractivity contribution in [2.24, 2.45) is 0 Å². The predicted octanol–water partition coefficient (Wildman–Crippen LogP) is 3.41. The number of nitrogens with two attached hydrogens (primary N) is 1. The first-order valence-electron chi connectivity index (χ1n) is 5.75. The quantitative estimate of drug-likeness (QED) is 0.509. The minimum atomic E-state index is -0.413. The zero-order valence-electron chi connectivity index (χ0n) is 10.1. The number of benzene rings is 2. The number of nitrogens with zero attached hydrogens (tertiary/aromatic N) is 1. The molecule has 4 nitrogen and oxygen atoms in total. The normalized spacial score (nSPS) is 10.3. The molecule has 0 saturated carbocycles. The van der Waals surface area contributed by atoms with Crippen molar-refractivity contribution in [1.29, 1.82) is 0 Å². The first-order valence-corrected chi connectivity index (χ1v) is 5.75. The van der Waals surface area contributed by atoms with Crippen molar-refractivity contribution in [1.82, 2.24) is 0 Å². The van der Waals surface area contributed by atoms with Gasteiger partial charge in [0.25, 0.3) is 5.69 Å². The number of nitrogen functional groups attached to an aromatic ring is 1. The fourth-order valence-corrected chi connectivity index (χ4v) is 1.83. The van der Waals surface area contributed by atoms with Crippen molar-refractivity contribution in [3.8, 4) is 11.1 Å². The highest BCUT2D eigenvalue weighted by Gasteiger charge is 2.10. The second-order valence-electron chi connectivity index (χ2n) is 4.08. The van der Waals surface area contributed by atoms with Crippen LogP contribution in [0.1, 0.15) is 12.5 Å². The number of hydrogen-bond donors (Lipinski definition) is 1. The molecule has 2 rings (SSSR count). The lowest BCUT2D eigenvalue weighted by Crippen LogP contribution is -1.94. The molecule has 2 aromatic carbocycles. The second kappa shape index (κ2) is 4.87. The first-order chi connectivity index (χ1) is 8.61. The molecule has 0 aromatic heterocycles. The molecular weight excluding hydrogens is 228 g/mol. The lowest BCUT2D eigenvalue weighted by atomic mass is 10.0. The van der Waals surface area contributed by atoms with Crippen LogP contribution in [0, 0.1) is 10.1 Å². The third kappa shape index (κ3) is 2.32. The minimum absolute atomic E-state index is 0.0544. The van der Waals surface area contributed by atoms with Gasteiger partial charge in [0.05, 0.1) is 4.92 Å². The van der Waals surface area contributed by atoms with Crippen molar-refractivity contribution in [3.63, 3.8) is 0 Å². The number of anilines is 1. The van der Waals surface area contributed by atoms with Crippen LogP contribution < -0.4 is 5.73 Å². The smallest absolute Gasteiger partial charge is 0.270 e. The summed E-state index contributed by atoms with van der Waals surface area (Å²) in [7, 11) is 0. The third-order valence-corrected chi connectivity index (χ3v) is 2.92. The molecule has 2 aromatic rings. The standard InChI is InChI=1S/C14H14N2O2/c1-2-10-3-5-11(6-4-10)13-9-12(16(17)18)7-8-14(13)15/h3-9H,2,15H2,1H3. The van der Waals surface area contributed by atoms with Gasteiger partial charge in [-0.25, -0.2) is 0 Å². The zero-order valence-corrected chi connectivity index (χ0v) is 10.1. The largest absolute Gasteiger partial charge is 0.398 e. The van der Waals surface area contributed by atoms with Crippen LogP contribution in [0.2, 0.25) is 0 Å². The van der Waals surface area contributed by atoms with Gasteiger partial charge in [0, 0.05) is 23.4 Å². The number of hydrogen-bond acceptors (Lipinski definition) is 3. The number of nitro groups is 1. The average molecular weight is 242 g/mol. The van der Waals surface area contributed by atoms with Gasteiger partial charge in [0.15, 0.2) is 0 Å². The van der Waals surface area contributed by atoms with E-state index in [1.165, 1.54) is 17.7 Å². The third-order valence-electron chi connectivity index (χ3n) is 2.92. The van der Waals surface area contributed by atoms with Crippen LogP contribution in [-0.4, -0.2) is 4.92 Å². The molecule has 0 amide bonds. The molecule has 0 spiro atoms. The average Bonchev–Trinajstić information content (AvgIpc) is 2.39. The maximum absolute atomic E-state index is 10.8. The molecule has 0 radical (unpaired) electrons. The van der Waals surface area contributed by atoms with Crippen molar-refractivity contribution in [3.05, 3.63) is 58.1 Å². The van der Waals surface area contributed by atoms with Crippen LogP contribution >= 0.6 is 0 Å². The summed E-state index contributed by atoms with van der Waals surface area (Å²) < 4.78 is 0. The summed E-state index contributed by atoms with van der Waals surface area (Å²) in [5.41, 5.74) is 9.29. The number of nitro benzene ring substituents is 1. The Morgan fingerprint density at radius 3 is 2.39 bits per heavy atom. The van der Waals surface area contributed by atoms with Crippen LogP contribution in [0.5, 0.6) is 0 Å². The van der Waals surface area contributed by atoms with Crippen molar-refractivity contribution in [2.45, 2.75) is 13.3 Å². The van der Waals surface area contributed by atoms with Crippen molar-refractivity contribution >= 4 is 11.4 Å². The molecule has 0 aliphatic rings. The fourth-order valence-electron chi connectivity index (χ4n) is 1.83. The Hall–Kier alpha value is -2.36. The summed E-state index contributed by atoms with van der Waals surface area (Å²) in [6, 6.07) is 12.4. The van der Waals surface area contributed by atoms with Gasteiger partial charge in [-0.1, -0.05) is 31.2 Å². The number of rotatable bonds is 3. The summed E-state index contributed by atoms with van der Waals surface area (Å²) in [6.07, 6.45) is 0.963. The van der Waals surface area contributed by atoms with E-state index in [4.69, 9.17) is 5.73 Å². The van der Waals surface area contributed by atoms with Gasteiger partial charge in [-0.2, -0.15) is 0 Å². The Morgan fingerprint density at radius 2 is 1.83 bits per heavy atom. The predicted molar refractivity (Wildman–Crippen MR) is 72.3 cm³/mol. The van der Waals surface area contributed by atoms with E-state index in [-0.39, 0.29) is 5.69 Å². The van der Waals surface area contributed by atoms with Crippen LogP contribution in [0.15, 0.2) is 42.5 Å². The highest BCUT2D eigenvalue weighted by Crippen LogP contribution is 2.29. The Morgan fingerprint density at radius 1 is 1.17 bits per heavy atom. The number of non-ortho nitro benzene ring substituents is 1. The molecule has 92 valence electrons. The molecule has 0 atom stereocenters. The molecule has 18 heavy (non-hydrogen) atoms. The molecule has 0 saturated heterocycles. The van der Waals surface area contributed by atoms with Crippen LogP contribution in [0.4, 0.5) is 11.4 Å². The van der Waals surface area contributed by atoms with Crippen molar-refractivity contribution < 1.29 is 4.92 Å². The lowest BCUT2D eigenvalue weighted by molar-refractivity contribution is -0.384. The minimum Gasteiger partial charge on any atom is -0.398 e. The molecule has 4 heteroatoms. The van der Waals surface area contributed by atoms with E-state index in [0.29, 0.717) is 11.3 Å². The van der Waals surface area contributed by atoms with E-state index in [1.807, 2.05) is 24.3 Å². The summed E-state index contributed by atoms with van der Waals surface area (Å²) in [6.45, 7) is 2.08. The molecule has 0 unspecified atom stereocenters. The monoisotopic (exact) mass is 242 g/mol. The second-order valence-corrected chi connectivity index (χ2v) is 4.08. The summed E-state index contributed by atoms with van der Waals surface area (Å²) in [5, 5.41) is 10.8. The van der Waals surface area contributed by atoms with Crippen LogP contribution in [-0.2, 0) is 6.42 Å². The van der Waals surface area contributed by atoms with E-state index < -0.39 is 4.92 Å². The molecular formula is C14H14N2O2. The summed E-state index contributed by atoms with van der Waals surface area (Å²) in [5.74, 6) is 0. The Bertz CT molecular complexity index is 577. The van der Waals surface area contributed by atoms with Gasteiger partial charge in [-0.3, -0.25) is 10.1 Å². The van der Waals surface area contributed by atoms with Gasteiger partial charge in [0.1, 0.15) is 0 Å². The number of aryl methyl sites for hydroxylation is 1. The SMILES string of the molecule is CCc1ccc(-c2cc([N+](=O)[O-])ccc2N)cc1. The van der Waals surface area contributed by atoms with Crippen LogP contribution in [0.3, 0.4) is 0 Å². The summed E-state index contributed by atoms with van der Waals surface area (Å²) >= 11 is 0. The lowest BCUT2D eigenvalue weighted by Gasteiger charge is -2.06. The Balaban J connectivity index is 2.48. The molecule has 0 fully saturated rings. The van der Waals surface area contributed by atoms with Gasteiger partial charge < -0.3 is 5.73 Å². The van der Waals surface area contributed by atoms with Crippen molar-refractivity contribution in [2.75, 3.05) is 5.73 Å². The fraction of sp³-hybridized carbons (Fsp3) is 0.143. The summed E-state index contributed by atoms with van der Waals surface area (Å²) in [4.78, 5) is 10.3. The van der Waals surface area contributed by atoms with E-state index in [9.17, 15) is 10.1 Å². The Kier molecular flexibility index (Phi) is 3.28. The molecule has 0 bridgehead atoms. The first kappa shape index (κ1) is 12.1. The molecule has 0 aliphatic carbocycles. The van der Waals surface area contributed by atoms with Gasteiger partial charge in [-0.05, 0) is 23.6 Å². The molecule has 2 N–H and O–H groups in total. The molecule has 0 aliphatic heterocycles. The maximum Gasteiger partial charge on any atom is 0.270 e. The van der Waals surface area contributed by atoms with Gasteiger partial charge >= 0.3 is 0 Å². The van der Waals surface area contributed by atoms with Crippen LogP contribution in [0.25, 0.3) is 11.1 Å². The topological polar surface area (TPSA) is 69.2 Å². The zero-order chi connectivity index (χ0) is 13.1. The highest BCUT2D eigenvalue weighted by molar-refractivity contribution is 5.78. The van der Waals surface area contributed by atoms with E-state index in [2.05, 4.69) is 6.92 Å². The van der Waals surface area contributed by atoms with Gasteiger partial charge in [0.2, 0.25) is 0 Å². The van der Waals surface area contributed by atoms with E-state index in [1.54, 1.807) is 6.07 Å². The van der Waals surface area contributed by atoms with Gasteiger partial charge in [-0.15, -0.1) is 0 Å². The van der Waals surface area contributed by atoms with E-state index in [0.717, 1.165) is 12.0 Å². The maximum atomic E-state index is 10.8. The van der Waals surface area contributed by atoms with E-state index >= 15 is 0 Å².